The molecule has 0 spiro atoms. The van der Waals surface area contributed by atoms with E-state index >= 15 is 0 Å². The summed E-state index contributed by atoms with van der Waals surface area (Å²) in [4.78, 5) is 18.7. The van der Waals surface area contributed by atoms with E-state index in [2.05, 4.69) is 9.97 Å². The van der Waals surface area contributed by atoms with Crippen LogP contribution in [-0.4, -0.2) is 21.0 Å². The molecule has 0 aliphatic carbocycles. The van der Waals surface area contributed by atoms with Gasteiger partial charge in [0.25, 0.3) is 0 Å². The number of carboxylic acid groups (broad SMARTS) is 1. The van der Waals surface area contributed by atoms with Crippen molar-refractivity contribution in [1.29, 1.82) is 0 Å². The average molecular weight is 265 g/mol. The van der Waals surface area contributed by atoms with Crippen molar-refractivity contribution < 1.29 is 14.6 Å². The Kier molecular flexibility index (Phi) is 3.43. The van der Waals surface area contributed by atoms with Gasteiger partial charge in [0, 0.05) is 5.56 Å². The molecule has 0 unspecified atom stereocenters. The Balaban J connectivity index is 2.35. The lowest BCUT2D eigenvalue weighted by atomic mass is 10.1. The van der Waals surface area contributed by atoms with Gasteiger partial charge < -0.3 is 9.84 Å². The number of benzene rings is 1. The van der Waals surface area contributed by atoms with E-state index in [1.807, 2.05) is 0 Å². The lowest BCUT2D eigenvalue weighted by Crippen LogP contribution is -2.01. The van der Waals surface area contributed by atoms with Crippen LogP contribution in [0.4, 0.5) is 0 Å². The Bertz CT molecular complexity index is 602. The van der Waals surface area contributed by atoms with Gasteiger partial charge in [-0.05, 0) is 19.1 Å². The maximum Gasteiger partial charge on any atom is 0.336 e. The third kappa shape index (κ3) is 2.57. The maximum absolute atomic E-state index is 11.0. The first-order chi connectivity index (χ1) is 8.58. The third-order valence-corrected chi connectivity index (χ3v) is 2.49. The van der Waals surface area contributed by atoms with Gasteiger partial charge in [-0.2, -0.15) is 4.98 Å². The van der Waals surface area contributed by atoms with E-state index in [1.165, 1.54) is 18.5 Å². The van der Waals surface area contributed by atoms with Gasteiger partial charge in [-0.1, -0.05) is 17.7 Å². The van der Waals surface area contributed by atoms with Gasteiger partial charge in [-0.3, -0.25) is 4.98 Å². The fourth-order valence-corrected chi connectivity index (χ4v) is 1.58. The van der Waals surface area contributed by atoms with E-state index in [1.54, 1.807) is 19.1 Å². The monoisotopic (exact) mass is 264 g/mol. The van der Waals surface area contributed by atoms with Gasteiger partial charge in [0.05, 0.1) is 18.0 Å². The summed E-state index contributed by atoms with van der Waals surface area (Å²) in [6.07, 6.45) is 2.79. The molecular formula is C12H9ClN2O3. The van der Waals surface area contributed by atoms with Crippen molar-refractivity contribution in [2.24, 2.45) is 0 Å². The highest BCUT2D eigenvalue weighted by atomic mass is 35.5. The highest BCUT2D eigenvalue weighted by molar-refractivity contribution is 6.29. The summed E-state index contributed by atoms with van der Waals surface area (Å²) < 4.78 is 5.46. The van der Waals surface area contributed by atoms with Crippen molar-refractivity contribution >= 4 is 17.6 Å². The summed E-state index contributed by atoms with van der Waals surface area (Å²) in [6.45, 7) is 1.66. The summed E-state index contributed by atoms with van der Waals surface area (Å²) in [5, 5.41) is 9.20. The number of hydrogen-bond donors (Lipinski definition) is 1. The van der Waals surface area contributed by atoms with E-state index in [-0.39, 0.29) is 16.6 Å². The van der Waals surface area contributed by atoms with Gasteiger partial charge in [0.1, 0.15) is 5.75 Å². The van der Waals surface area contributed by atoms with E-state index in [4.69, 9.17) is 21.4 Å². The van der Waals surface area contributed by atoms with Crippen LogP contribution in [0.15, 0.2) is 30.6 Å². The second kappa shape index (κ2) is 5.01. The van der Waals surface area contributed by atoms with Gasteiger partial charge in [0.15, 0.2) is 5.15 Å². The molecule has 2 aromatic rings. The topological polar surface area (TPSA) is 72.3 Å². The zero-order valence-corrected chi connectivity index (χ0v) is 10.2. The van der Waals surface area contributed by atoms with Crippen molar-refractivity contribution in [3.63, 3.8) is 0 Å². The Hall–Kier alpha value is -2.14. The lowest BCUT2D eigenvalue weighted by Gasteiger charge is -2.09. The number of aromatic nitrogens is 2. The van der Waals surface area contributed by atoms with E-state index in [9.17, 15) is 4.79 Å². The lowest BCUT2D eigenvalue weighted by molar-refractivity contribution is 0.0695. The highest BCUT2D eigenvalue weighted by Crippen LogP contribution is 2.26. The Morgan fingerprint density at radius 1 is 1.39 bits per heavy atom. The number of ether oxygens (including phenoxy) is 1. The molecular weight excluding hydrogens is 256 g/mol. The molecule has 0 amide bonds. The van der Waals surface area contributed by atoms with Crippen LogP contribution in [0, 0.1) is 6.92 Å². The van der Waals surface area contributed by atoms with E-state index < -0.39 is 5.97 Å². The minimum Gasteiger partial charge on any atom is -0.478 e. The number of halogens is 1. The van der Waals surface area contributed by atoms with Crippen molar-refractivity contribution in [3.05, 3.63) is 46.9 Å². The van der Waals surface area contributed by atoms with Crippen LogP contribution >= 0.6 is 11.6 Å². The predicted molar refractivity (Wildman–Crippen MR) is 65.3 cm³/mol. The number of aromatic carboxylic acids is 1. The van der Waals surface area contributed by atoms with Gasteiger partial charge >= 0.3 is 5.97 Å². The third-order valence-electron chi connectivity index (χ3n) is 2.31. The second-order valence-corrected chi connectivity index (χ2v) is 3.90. The van der Waals surface area contributed by atoms with Gasteiger partial charge in [0.2, 0.25) is 5.88 Å². The molecule has 0 saturated heterocycles. The Morgan fingerprint density at radius 2 is 2.17 bits per heavy atom. The standard InChI is InChI=1S/C12H9ClN2O3/c1-7-8(12(16)17)3-2-4-9(7)18-11-6-14-5-10(13)15-11/h2-6H,1H3,(H,16,17). The van der Waals surface area contributed by atoms with Crippen LogP contribution in [0.1, 0.15) is 15.9 Å². The summed E-state index contributed by atoms with van der Waals surface area (Å²) in [6, 6.07) is 4.77. The van der Waals surface area contributed by atoms with E-state index in [0.717, 1.165) is 0 Å². The molecule has 5 nitrogen and oxygen atoms in total. The highest BCUT2D eigenvalue weighted by Gasteiger charge is 2.12. The SMILES string of the molecule is Cc1c(Oc2cncc(Cl)n2)cccc1C(=O)O. The number of nitrogens with zero attached hydrogens (tertiary/aromatic N) is 2. The van der Waals surface area contributed by atoms with Crippen LogP contribution in [0.3, 0.4) is 0 Å². The van der Waals surface area contributed by atoms with Crippen molar-refractivity contribution in [2.75, 3.05) is 0 Å². The minimum atomic E-state index is -1.00. The largest absolute Gasteiger partial charge is 0.478 e. The number of hydrogen-bond acceptors (Lipinski definition) is 4. The Labute approximate surface area is 108 Å². The zero-order chi connectivity index (χ0) is 13.1. The molecule has 0 fully saturated rings. The molecule has 92 valence electrons. The molecule has 0 atom stereocenters. The zero-order valence-electron chi connectivity index (χ0n) is 9.42. The van der Waals surface area contributed by atoms with Crippen molar-refractivity contribution in [3.8, 4) is 11.6 Å². The molecule has 0 aliphatic heterocycles. The first-order valence-electron chi connectivity index (χ1n) is 5.06. The maximum atomic E-state index is 11.0. The van der Waals surface area contributed by atoms with Crippen LogP contribution in [-0.2, 0) is 0 Å². The molecule has 1 aromatic heterocycles. The summed E-state index contributed by atoms with van der Waals surface area (Å²) in [7, 11) is 0. The Morgan fingerprint density at radius 3 is 2.83 bits per heavy atom. The molecule has 2 rings (SSSR count). The molecule has 0 aliphatic rings. The number of carbonyl (C=O) groups is 1. The fraction of sp³-hybridized carbons (Fsp3) is 0.0833. The second-order valence-electron chi connectivity index (χ2n) is 3.52. The van der Waals surface area contributed by atoms with Crippen LogP contribution in [0.2, 0.25) is 5.15 Å². The smallest absolute Gasteiger partial charge is 0.336 e. The van der Waals surface area contributed by atoms with E-state index in [0.29, 0.717) is 11.3 Å². The molecule has 0 bridgehead atoms. The molecule has 1 N–H and O–H groups in total. The summed E-state index contributed by atoms with van der Waals surface area (Å²) in [5.41, 5.74) is 0.703. The molecule has 18 heavy (non-hydrogen) atoms. The average Bonchev–Trinajstić information content (AvgIpc) is 2.31. The summed E-state index contributed by atoms with van der Waals surface area (Å²) in [5.74, 6) is -0.380. The molecule has 1 aromatic carbocycles. The van der Waals surface area contributed by atoms with Gasteiger partial charge in [-0.15, -0.1) is 0 Å². The molecule has 0 radical (unpaired) electrons. The molecule has 0 saturated carbocycles. The fourth-order valence-electron chi connectivity index (χ4n) is 1.44. The van der Waals surface area contributed by atoms with Crippen molar-refractivity contribution in [2.45, 2.75) is 6.92 Å². The van der Waals surface area contributed by atoms with Gasteiger partial charge in [-0.25, -0.2) is 4.79 Å². The normalized spacial score (nSPS) is 10.1. The first kappa shape index (κ1) is 12.3. The van der Waals surface area contributed by atoms with Crippen LogP contribution < -0.4 is 4.74 Å². The number of rotatable bonds is 3. The predicted octanol–water partition coefficient (Wildman–Crippen LogP) is 2.93. The summed E-state index contributed by atoms with van der Waals surface area (Å²) >= 11 is 5.68. The molecule has 1 heterocycles. The molecule has 6 heteroatoms. The van der Waals surface area contributed by atoms with Crippen LogP contribution in [0.5, 0.6) is 11.6 Å². The van der Waals surface area contributed by atoms with Crippen LogP contribution in [0.25, 0.3) is 0 Å². The quantitative estimate of drug-likeness (QED) is 0.923. The minimum absolute atomic E-state index is 0.183. The van der Waals surface area contributed by atoms with Crippen molar-refractivity contribution in [1.82, 2.24) is 9.97 Å². The number of carboxylic acids is 1. The first-order valence-corrected chi connectivity index (χ1v) is 5.44.